The van der Waals surface area contributed by atoms with Gasteiger partial charge in [0.25, 0.3) is 0 Å². The summed E-state index contributed by atoms with van der Waals surface area (Å²) in [7, 11) is 0. The number of aryl methyl sites for hydroxylation is 1. The number of anilines is 1. The highest BCUT2D eigenvalue weighted by Gasteiger charge is 2.67. The first-order chi connectivity index (χ1) is 13.7. The molecular formula is C20H29N5O2S2. The number of rotatable bonds is 8. The van der Waals surface area contributed by atoms with Gasteiger partial charge in [-0.2, -0.15) is 0 Å². The number of carbonyl (C=O) groups excluding carboxylic acids is 2. The zero-order valence-electron chi connectivity index (χ0n) is 17.2. The summed E-state index contributed by atoms with van der Waals surface area (Å²) in [5.74, 6) is 0.233. The van der Waals surface area contributed by atoms with Crippen molar-refractivity contribution in [3.05, 3.63) is 27.5 Å². The van der Waals surface area contributed by atoms with Crippen LogP contribution in [0.5, 0.6) is 0 Å². The summed E-state index contributed by atoms with van der Waals surface area (Å²) >= 11 is 2.87. The van der Waals surface area contributed by atoms with Crippen molar-refractivity contribution in [3.63, 3.8) is 0 Å². The average Bonchev–Trinajstić information content (AvgIpc) is 3.11. The van der Waals surface area contributed by atoms with Crippen molar-refractivity contribution in [2.24, 2.45) is 23.3 Å². The molecule has 2 heterocycles. The molecule has 0 bridgehead atoms. The first-order valence-electron chi connectivity index (χ1n) is 9.91. The van der Waals surface area contributed by atoms with Gasteiger partial charge in [-0.1, -0.05) is 31.8 Å². The Balaban J connectivity index is 1.67. The number of allylic oxidation sites excluding steroid dienone is 1. The van der Waals surface area contributed by atoms with Crippen molar-refractivity contribution in [2.75, 3.05) is 11.9 Å². The highest BCUT2D eigenvalue weighted by atomic mass is 32.2. The van der Waals surface area contributed by atoms with Crippen LogP contribution in [0.2, 0.25) is 0 Å². The molecule has 158 valence electrons. The van der Waals surface area contributed by atoms with E-state index in [2.05, 4.69) is 30.7 Å². The molecule has 1 aromatic rings. The quantitative estimate of drug-likeness (QED) is 0.573. The van der Waals surface area contributed by atoms with Gasteiger partial charge in [0.15, 0.2) is 5.13 Å². The number of piperidine rings is 1. The Morgan fingerprint density at radius 1 is 1.45 bits per heavy atom. The third-order valence-corrected chi connectivity index (χ3v) is 8.11. The minimum absolute atomic E-state index is 0.193. The van der Waals surface area contributed by atoms with E-state index in [0.29, 0.717) is 29.7 Å². The maximum atomic E-state index is 12.7. The Morgan fingerprint density at radius 2 is 2.14 bits per heavy atom. The Bertz CT molecular complexity index is 861. The van der Waals surface area contributed by atoms with Gasteiger partial charge >= 0.3 is 6.03 Å². The Morgan fingerprint density at radius 3 is 2.72 bits per heavy atom. The van der Waals surface area contributed by atoms with Gasteiger partial charge in [0.1, 0.15) is 5.54 Å². The fourth-order valence-electron chi connectivity index (χ4n) is 4.10. The number of hydrogen-bond acceptors (Lipinski definition) is 6. The van der Waals surface area contributed by atoms with E-state index < -0.39 is 11.4 Å². The van der Waals surface area contributed by atoms with Crippen LogP contribution in [0.1, 0.15) is 50.1 Å². The molecule has 2 aliphatic rings. The van der Waals surface area contributed by atoms with Crippen LogP contribution in [0.4, 0.5) is 9.93 Å². The Labute approximate surface area is 180 Å². The van der Waals surface area contributed by atoms with Gasteiger partial charge in [-0.05, 0) is 49.3 Å². The predicted octanol–water partition coefficient (Wildman–Crippen LogP) is 3.87. The lowest BCUT2D eigenvalue weighted by Gasteiger charge is -2.25. The molecule has 0 spiro atoms. The van der Waals surface area contributed by atoms with Crippen molar-refractivity contribution in [3.8, 4) is 0 Å². The van der Waals surface area contributed by atoms with Crippen molar-refractivity contribution >= 4 is 45.9 Å². The second kappa shape index (κ2) is 8.39. The van der Waals surface area contributed by atoms with Gasteiger partial charge in [0, 0.05) is 12.0 Å². The zero-order chi connectivity index (χ0) is 21.3. The van der Waals surface area contributed by atoms with Crippen molar-refractivity contribution in [1.29, 1.82) is 0 Å². The van der Waals surface area contributed by atoms with E-state index in [1.807, 2.05) is 12.3 Å². The van der Waals surface area contributed by atoms with Crippen molar-refractivity contribution in [2.45, 2.75) is 52.0 Å². The van der Waals surface area contributed by atoms with E-state index >= 15 is 0 Å². The van der Waals surface area contributed by atoms with Gasteiger partial charge in [0.2, 0.25) is 5.91 Å². The van der Waals surface area contributed by atoms with Crippen LogP contribution in [0.3, 0.4) is 0 Å². The standard InChI is InChI=1S/C20H29N5O2S2/c1-5-13(6-2)12(4)28-10-15(21)16-11(3)23-18(29-16)24-19(27)25-8-7-14-9-20(14,25)17(22)26/h10,13-14H,4-9,21H2,1-3H3,(H2,22,26)(H,23,24,27)/b15-10-/t14-,20+/m1/s1. The maximum absolute atomic E-state index is 12.7. The van der Waals surface area contributed by atoms with Crippen LogP contribution in [0.25, 0.3) is 5.70 Å². The van der Waals surface area contributed by atoms with Gasteiger partial charge < -0.3 is 16.4 Å². The topological polar surface area (TPSA) is 114 Å². The van der Waals surface area contributed by atoms with Crippen LogP contribution >= 0.6 is 23.1 Å². The number of aromatic nitrogens is 1. The summed E-state index contributed by atoms with van der Waals surface area (Å²) in [6.45, 7) is 10.9. The second-order valence-electron chi connectivity index (χ2n) is 7.66. The van der Waals surface area contributed by atoms with E-state index in [-0.39, 0.29) is 11.9 Å². The molecule has 29 heavy (non-hydrogen) atoms. The highest BCUT2D eigenvalue weighted by Crippen LogP contribution is 2.55. The van der Waals surface area contributed by atoms with Crippen LogP contribution in [-0.4, -0.2) is 33.9 Å². The molecule has 3 amide bonds. The third kappa shape index (κ3) is 4.02. The molecule has 1 saturated carbocycles. The molecule has 0 aromatic carbocycles. The molecule has 1 aliphatic carbocycles. The van der Waals surface area contributed by atoms with E-state index in [0.717, 1.165) is 34.7 Å². The number of thiazole rings is 1. The van der Waals surface area contributed by atoms with Crippen LogP contribution in [0, 0.1) is 18.8 Å². The minimum Gasteiger partial charge on any atom is -0.397 e. The fourth-order valence-corrected chi connectivity index (χ4v) is 5.98. The number of primary amides is 1. The molecule has 1 aromatic heterocycles. The molecule has 1 saturated heterocycles. The number of amides is 3. The minimum atomic E-state index is -0.801. The number of likely N-dealkylation sites (tertiary alicyclic amines) is 1. The lowest BCUT2D eigenvalue weighted by Crippen LogP contribution is -2.50. The largest absolute Gasteiger partial charge is 0.397 e. The molecule has 2 atom stereocenters. The fraction of sp³-hybridized carbons (Fsp3) is 0.550. The highest BCUT2D eigenvalue weighted by molar-refractivity contribution is 8.06. The van der Waals surface area contributed by atoms with E-state index in [1.54, 1.807) is 16.7 Å². The van der Waals surface area contributed by atoms with E-state index in [1.165, 1.54) is 11.3 Å². The lowest BCUT2D eigenvalue weighted by molar-refractivity contribution is -0.123. The molecule has 0 unspecified atom stereocenters. The summed E-state index contributed by atoms with van der Waals surface area (Å²) in [6, 6.07) is -0.330. The monoisotopic (exact) mass is 435 g/mol. The number of nitrogens with two attached hydrogens (primary N) is 2. The lowest BCUT2D eigenvalue weighted by atomic mass is 10.0. The molecular weight excluding hydrogens is 406 g/mol. The number of fused-ring (bicyclic) bond motifs is 1. The smallest absolute Gasteiger partial charge is 0.324 e. The van der Waals surface area contributed by atoms with E-state index in [9.17, 15) is 9.59 Å². The molecule has 1 aliphatic heterocycles. The number of hydrogen-bond donors (Lipinski definition) is 3. The summed E-state index contributed by atoms with van der Waals surface area (Å²) in [6.07, 6.45) is 3.57. The first-order valence-corrected chi connectivity index (χ1v) is 11.6. The predicted molar refractivity (Wildman–Crippen MR) is 120 cm³/mol. The summed E-state index contributed by atoms with van der Waals surface area (Å²) in [5.41, 5.74) is 12.4. The summed E-state index contributed by atoms with van der Waals surface area (Å²) in [4.78, 5) is 32.5. The number of thioether (sulfide) groups is 1. The number of carbonyl (C=O) groups is 2. The molecule has 5 N–H and O–H groups in total. The van der Waals surface area contributed by atoms with Gasteiger partial charge in [-0.15, -0.1) is 11.8 Å². The number of urea groups is 1. The van der Waals surface area contributed by atoms with Gasteiger partial charge in [-0.3, -0.25) is 10.1 Å². The number of nitrogens with zero attached hydrogens (tertiary/aromatic N) is 2. The van der Waals surface area contributed by atoms with Crippen LogP contribution < -0.4 is 16.8 Å². The number of nitrogens with one attached hydrogen (secondary N) is 1. The summed E-state index contributed by atoms with van der Waals surface area (Å²) < 4.78 is 0. The molecule has 3 rings (SSSR count). The van der Waals surface area contributed by atoms with Crippen molar-refractivity contribution in [1.82, 2.24) is 9.88 Å². The maximum Gasteiger partial charge on any atom is 0.324 e. The Hall–Kier alpha value is -2.00. The van der Waals surface area contributed by atoms with Gasteiger partial charge in [0.05, 0.1) is 16.3 Å². The normalized spacial score (nSPS) is 23.2. The van der Waals surface area contributed by atoms with Crippen LogP contribution in [-0.2, 0) is 4.79 Å². The molecule has 9 heteroatoms. The third-order valence-electron chi connectivity index (χ3n) is 5.98. The van der Waals surface area contributed by atoms with Crippen molar-refractivity contribution < 1.29 is 9.59 Å². The second-order valence-corrected chi connectivity index (χ2v) is 9.66. The average molecular weight is 436 g/mol. The molecule has 7 nitrogen and oxygen atoms in total. The molecule has 2 fully saturated rings. The zero-order valence-corrected chi connectivity index (χ0v) is 18.8. The van der Waals surface area contributed by atoms with Gasteiger partial charge in [-0.25, -0.2) is 9.78 Å². The SMILES string of the molecule is C=C(S/C=C(\N)c1sc(NC(=O)N2CC[C@@H]3C[C@@]32C(N)=O)nc1C)C(CC)CC. The molecule has 0 radical (unpaired) electrons. The first kappa shape index (κ1) is 21.7. The van der Waals surface area contributed by atoms with Crippen LogP contribution in [0.15, 0.2) is 16.9 Å². The van der Waals surface area contributed by atoms with E-state index in [4.69, 9.17) is 11.5 Å². The summed E-state index contributed by atoms with van der Waals surface area (Å²) in [5, 5.41) is 5.17. The Kier molecular flexibility index (Phi) is 6.28.